The van der Waals surface area contributed by atoms with Gasteiger partial charge in [-0.1, -0.05) is 24.3 Å². The van der Waals surface area contributed by atoms with Crippen molar-refractivity contribution in [3.05, 3.63) is 59.8 Å². The predicted octanol–water partition coefficient (Wildman–Crippen LogP) is 3.23. The third-order valence-electron chi connectivity index (χ3n) is 5.10. The van der Waals surface area contributed by atoms with E-state index in [4.69, 9.17) is 10.5 Å². The SMILES string of the molecule is CN=C(N)NC(=O)c1cc2cccc(Oc3ccc(CN4CCCC4)cc3)c2[nH]1. The van der Waals surface area contributed by atoms with E-state index in [1.807, 2.05) is 30.3 Å². The maximum atomic E-state index is 12.3. The number of hydrogen-bond donors (Lipinski definition) is 3. The molecule has 0 bridgehead atoms. The predicted molar refractivity (Wildman–Crippen MR) is 114 cm³/mol. The minimum Gasteiger partial charge on any atom is -0.455 e. The van der Waals surface area contributed by atoms with Crippen molar-refractivity contribution in [2.45, 2.75) is 19.4 Å². The number of aromatic nitrogens is 1. The summed E-state index contributed by atoms with van der Waals surface area (Å²) in [7, 11) is 1.52. The second kappa shape index (κ2) is 8.36. The van der Waals surface area contributed by atoms with Crippen LogP contribution in [0.25, 0.3) is 10.9 Å². The third-order valence-corrected chi connectivity index (χ3v) is 5.10. The van der Waals surface area contributed by atoms with Gasteiger partial charge in [0.1, 0.15) is 11.4 Å². The number of carbonyl (C=O) groups excluding carboxylic acids is 1. The van der Waals surface area contributed by atoms with E-state index in [9.17, 15) is 4.79 Å². The molecule has 3 aromatic rings. The first-order valence-corrected chi connectivity index (χ1v) is 9.77. The van der Waals surface area contributed by atoms with Crippen molar-refractivity contribution in [2.75, 3.05) is 20.1 Å². The quantitative estimate of drug-likeness (QED) is 0.460. The van der Waals surface area contributed by atoms with Gasteiger partial charge in [-0.05, 0) is 55.8 Å². The number of hydrogen-bond acceptors (Lipinski definition) is 4. The maximum absolute atomic E-state index is 12.3. The Morgan fingerprint density at radius 1 is 1.21 bits per heavy atom. The molecule has 150 valence electrons. The van der Waals surface area contributed by atoms with Gasteiger partial charge >= 0.3 is 0 Å². The second-order valence-corrected chi connectivity index (χ2v) is 7.20. The number of H-pyrrole nitrogens is 1. The van der Waals surface area contributed by atoms with Gasteiger partial charge in [-0.25, -0.2) is 0 Å². The normalized spacial score (nSPS) is 15.0. The average molecular weight is 391 g/mol. The Kier molecular flexibility index (Phi) is 5.48. The Morgan fingerprint density at radius 3 is 2.69 bits per heavy atom. The monoisotopic (exact) mass is 391 g/mol. The molecule has 0 spiro atoms. The Bertz CT molecular complexity index is 1030. The summed E-state index contributed by atoms with van der Waals surface area (Å²) in [6, 6.07) is 15.6. The van der Waals surface area contributed by atoms with E-state index in [2.05, 4.69) is 32.3 Å². The molecule has 1 fully saturated rings. The highest BCUT2D eigenvalue weighted by atomic mass is 16.5. The van der Waals surface area contributed by atoms with Crippen LogP contribution >= 0.6 is 0 Å². The number of para-hydroxylation sites is 1. The summed E-state index contributed by atoms with van der Waals surface area (Å²) in [5.74, 6) is 1.14. The smallest absolute Gasteiger partial charge is 0.274 e. The number of fused-ring (bicyclic) bond motifs is 1. The highest BCUT2D eigenvalue weighted by Gasteiger charge is 2.14. The lowest BCUT2D eigenvalue weighted by Crippen LogP contribution is -2.36. The van der Waals surface area contributed by atoms with E-state index >= 15 is 0 Å². The van der Waals surface area contributed by atoms with Gasteiger partial charge in [0, 0.05) is 19.0 Å². The average Bonchev–Trinajstić information content (AvgIpc) is 3.39. The lowest BCUT2D eigenvalue weighted by Gasteiger charge is -2.14. The Morgan fingerprint density at radius 2 is 1.97 bits per heavy atom. The molecular weight excluding hydrogens is 366 g/mol. The number of benzene rings is 2. The summed E-state index contributed by atoms with van der Waals surface area (Å²) >= 11 is 0. The Labute approximate surface area is 169 Å². The molecule has 1 aromatic heterocycles. The maximum Gasteiger partial charge on any atom is 0.274 e. The van der Waals surface area contributed by atoms with Crippen LogP contribution in [0.15, 0.2) is 53.5 Å². The largest absolute Gasteiger partial charge is 0.455 e. The van der Waals surface area contributed by atoms with Crippen LogP contribution in [0.2, 0.25) is 0 Å². The molecule has 2 heterocycles. The third kappa shape index (κ3) is 4.41. The summed E-state index contributed by atoms with van der Waals surface area (Å²) in [6.07, 6.45) is 2.58. The molecule has 1 aliphatic rings. The number of rotatable bonds is 5. The van der Waals surface area contributed by atoms with Crippen LogP contribution in [-0.4, -0.2) is 41.9 Å². The lowest BCUT2D eigenvalue weighted by molar-refractivity contribution is 0.0972. The molecule has 7 nitrogen and oxygen atoms in total. The Balaban J connectivity index is 1.51. The topological polar surface area (TPSA) is 95.7 Å². The van der Waals surface area contributed by atoms with E-state index < -0.39 is 0 Å². The number of guanidine groups is 1. The van der Waals surface area contributed by atoms with E-state index in [1.54, 1.807) is 6.07 Å². The number of nitrogens with two attached hydrogens (primary N) is 1. The van der Waals surface area contributed by atoms with Crippen molar-refractivity contribution in [2.24, 2.45) is 10.7 Å². The molecule has 1 saturated heterocycles. The van der Waals surface area contributed by atoms with Gasteiger partial charge in [0.15, 0.2) is 11.7 Å². The summed E-state index contributed by atoms with van der Waals surface area (Å²) in [4.78, 5) is 21.6. The van der Waals surface area contributed by atoms with E-state index in [0.717, 1.165) is 23.2 Å². The van der Waals surface area contributed by atoms with Crippen LogP contribution in [0.5, 0.6) is 11.5 Å². The number of amides is 1. The zero-order chi connectivity index (χ0) is 20.2. The van der Waals surface area contributed by atoms with E-state index in [-0.39, 0.29) is 11.9 Å². The van der Waals surface area contributed by atoms with Gasteiger partial charge in [-0.2, -0.15) is 0 Å². The van der Waals surface area contributed by atoms with Gasteiger partial charge < -0.3 is 15.5 Å². The van der Waals surface area contributed by atoms with Crippen molar-refractivity contribution in [1.29, 1.82) is 0 Å². The fourth-order valence-electron chi connectivity index (χ4n) is 3.56. The zero-order valence-corrected chi connectivity index (χ0v) is 16.4. The first kappa shape index (κ1) is 19.0. The molecule has 0 aliphatic carbocycles. The van der Waals surface area contributed by atoms with Gasteiger partial charge in [0.2, 0.25) is 0 Å². The number of aromatic amines is 1. The summed E-state index contributed by atoms with van der Waals surface area (Å²) < 4.78 is 6.09. The molecule has 4 N–H and O–H groups in total. The molecule has 29 heavy (non-hydrogen) atoms. The number of aliphatic imine (C=N–C) groups is 1. The van der Waals surface area contributed by atoms with Crippen molar-refractivity contribution < 1.29 is 9.53 Å². The molecule has 0 unspecified atom stereocenters. The molecule has 2 aromatic carbocycles. The van der Waals surface area contributed by atoms with Gasteiger partial charge in [-0.15, -0.1) is 0 Å². The zero-order valence-electron chi connectivity index (χ0n) is 16.4. The molecule has 0 atom stereocenters. The molecular formula is C22H25N5O2. The number of nitrogens with zero attached hydrogens (tertiary/aromatic N) is 2. The first-order chi connectivity index (χ1) is 14.1. The molecule has 7 heteroatoms. The number of ether oxygens (including phenoxy) is 1. The summed E-state index contributed by atoms with van der Waals surface area (Å²) in [6.45, 7) is 3.34. The van der Waals surface area contributed by atoms with Gasteiger partial charge in [0.25, 0.3) is 5.91 Å². The first-order valence-electron chi connectivity index (χ1n) is 9.77. The standard InChI is InChI=1S/C22H25N5O2/c1-24-22(23)26-21(28)18-13-16-5-4-6-19(20(16)25-18)29-17-9-7-15(8-10-17)14-27-11-2-3-12-27/h4-10,13,25H,2-3,11-12,14H2,1H3,(H3,23,24,26,28). The van der Waals surface area contributed by atoms with Crippen LogP contribution in [0.1, 0.15) is 28.9 Å². The minimum atomic E-state index is -0.346. The molecule has 0 saturated carbocycles. The number of nitrogens with one attached hydrogen (secondary N) is 2. The van der Waals surface area contributed by atoms with Crippen LogP contribution < -0.4 is 15.8 Å². The Hall–Kier alpha value is -3.32. The summed E-state index contributed by atoms with van der Waals surface area (Å²) in [5.41, 5.74) is 8.01. The molecule has 1 aliphatic heterocycles. The molecule has 4 rings (SSSR count). The minimum absolute atomic E-state index is 0.0687. The second-order valence-electron chi connectivity index (χ2n) is 7.20. The van der Waals surface area contributed by atoms with Crippen LogP contribution in [0.4, 0.5) is 0 Å². The van der Waals surface area contributed by atoms with Crippen molar-refractivity contribution in [3.63, 3.8) is 0 Å². The molecule has 0 radical (unpaired) electrons. The van der Waals surface area contributed by atoms with Gasteiger partial charge in [0.05, 0.1) is 5.52 Å². The van der Waals surface area contributed by atoms with Crippen molar-refractivity contribution in [1.82, 2.24) is 15.2 Å². The van der Waals surface area contributed by atoms with Crippen LogP contribution in [0.3, 0.4) is 0 Å². The lowest BCUT2D eigenvalue weighted by atomic mass is 10.2. The van der Waals surface area contributed by atoms with E-state index in [1.165, 1.54) is 38.5 Å². The highest BCUT2D eigenvalue weighted by Crippen LogP contribution is 2.30. The van der Waals surface area contributed by atoms with Crippen LogP contribution in [-0.2, 0) is 6.54 Å². The van der Waals surface area contributed by atoms with Crippen molar-refractivity contribution >= 4 is 22.8 Å². The fourth-order valence-corrected chi connectivity index (χ4v) is 3.56. The number of carbonyl (C=O) groups is 1. The van der Waals surface area contributed by atoms with Crippen LogP contribution in [0, 0.1) is 0 Å². The van der Waals surface area contributed by atoms with Crippen molar-refractivity contribution in [3.8, 4) is 11.5 Å². The fraction of sp³-hybridized carbons (Fsp3) is 0.273. The van der Waals surface area contributed by atoms with Gasteiger partial charge in [-0.3, -0.25) is 20.0 Å². The van der Waals surface area contributed by atoms with E-state index in [0.29, 0.717) is 11.4 Å². The highest BCUT2D eigenvalue weighted by molar-refractivity contribution is 6.07. The molecule has 1 amide bonds. The summed E-state index contributed by atoms with van der Waals surface area (Å²) in [5, 5.41) is 3.40. The number of likely N-dealkylation sites (tertiary alicyclic amines) is 1.